The van der Waals surface area contributed by atoms with Crippen LogP contribution >= 0.6 is 0 Å². The second kappa shape index (κ2) is 6.70. The third-order valence-electron chi connectivity index (χ3n) is 5.04. The molecule has 1 saturated heterocycles. The average Bonchev–Trinajstić information content (AvgIpc) is 2.40. The summed E-state index contributed by atoms with van der Waals surface area (Å²) in [7, 11) is 0. The van der Waals surface area contributed by atoms with Gasteiger partial charge in [-0.2, -0.15) is 0 Å². The first-order chi connectivity index (χ1) is 8.66. The van der Waals surface area contributed by atoms with Gasteiger partial charge in [-0.25, -0.2) is 0 Å². The first kappa shape index (κ1) is 14.0. The van der Waals surface area contributed by atoms with Crippen LogP contribution in [0.3, 0.4) is 0 Å². The van der Waals surface area contributed by atoms with Crippen molar-refractivity contribution in [2.24, 2.45) is 17.8 Å². The zero-order valence-corrected chi connectivity index (χ0v) is 12.0. The van der Waals surface area contributed by atoms with Crippen molar-refractivity contribution in [1.29, 1.82) is 0 Å². The zero-order chi connectivity index (χ0) is 13.0. The lowest BCUT2D eigenvalue weighted by Crippen LogP contribution is -2.27. The first-order valence-corrected chi connectivity index (χ1v) is 7.81. The zero-order valence-electron chi connectivity index (χ0n) is 12.0. The molecule has 1 saturated carbocycles. The van der Waals surface area contributed by atoms with Gasteiger partial charge in [0.2, 0.25) is 0 Å². The summed E-state index contributed by atoms with van der Waals surface area (Å²) in [5.41, 5.74) is 0. The molecule has 2 fully saturated rings. The van der Waals surface area contributed by atoms with Gasteiger partial charge in [-0.1, -0.05) is 13.8 Å². The monoisotopic (exact) mass is 252 g/mol. The molecule has 2 nitrogen and oxygen atoms in total. The van der Waals surface area contributed by atoms with E-state index < -0.39 is 0 Å². The van der Waals surface area contributed by atoms with E-state index in [0.717, 1.165) is 50.5 Å². The summed E-state index contributed by atoms with van der Waals surface area (Å²) in [6.45, 7) is 5.52. The topological polar surface area (TPSA) is 26.3 Å². The fraction of sp³-hybridized carbons (Fsp3) is 0.938. The smallest absolute Gasteiger partial charge is 0.136 e. The number of carbonyl (C=O) groups is 1. The molecule has 1 heterocycles. The summed E-state index contributed by atoms with van der Waals surface area (Å²) < 4.78 is 5.70. The maximum atomic E-state index is 12.2. The molecule has 0 aromatic heterocycles. The summed E-state index contributed by atoms with van der Waals surface area (Å²) in [4.78, 5) is 12.2. The summed E-state index contributed by atoms with van der Waals surface area (Å²) in [5, 5.41) is 0. The molecular weight excluding hydrogens is 224 g/mol. The van der Waals surface area contributed by atoms with E-state index in [2.05, 4.69) is 13.8 Å². The minimum Gasteiger partial charge on any atom is -0.378 e. The van der Waals surface area contributed by atoms with E-state index in [1.165, 1.54) is 19.3 Å². The number of ketones is 1. The highest BCUT2D eigenvalue weighted by Gasteiger charge is 2.29. The second-order valence-electron chi connectivity index (χ2n) is 6.46. The van der Waals surface area contributed by atoms with Crippen LogP contribution in [0.4, 0.5) is 0 Å². The lowest BCUT2D eigenvalue weighted by Gasteiger charge is -2.31. The molecule has 2 rings (SSSR count). The predicted octanol–water partition coefficient (Wildman–Crippen LogP) is 3.98. The van der Waals surface area contributed by atoms with Crippen LogP contribution in [-0.4, -0.2) is 18.5 Å². The van der Waals surface area contributed by atoms with Crippen LogP contribution in [0.25, 0.3) is 0 Å². The number of carbonyl (C=O) groups excluding carboxylic acids is 1. The Balaban J connectivity index is 1.70. The van der Waals surface area contributed by atoms with Gasteiger partial charge in [0.25, 0.3) is 0 Å². The molecule has 0 radical (unpaired) electrons. The van der Waals surface area contributed by atoms with Gasteiger partial charge in [-0.05, 0) is 56.8 Å². The van der Waals surface area contributed by atoms with Crippen LogP contribution in [-0.2, 0) is 9.53 Å². The maximum absolute atomic E-state index is 12.2. The van der Waals surface area contributed by atoms with Crippen LogP contribution in [0.5, 0.6) is 0 Å². The quantitative estimate of drug-likeness (QED) is 0.756. The molecule has 1 aliphatic carbocycles. The third-order valence-corrected chi connectivity index (χ3v) is 5.04. The van der Waals surface area contributed by atoms with Crippen LogP contribution in [0.1, 0.15) is 65.2 Å². The van der Waals surface area contributed by atoms with Gasteiger partial charge in [0.1, 0.15) is 5.78 Å². The van der Waals surface area contributed by atoms with Gasteiger partial charge in [0.05, 0.1) is 6.10 Å². The van der Waals surface area contributed by atoms with Crippen LogP contribution in [0.15, 0.2) is 0 Å². The average molecular weight is 252 g/mol. The molecule has 0 aromatic carbocycles. The number of hydrogen-bond donors (Lipinski definition) is 0. The number of hydrogen-bond acceptors (Lipinski definition) is 2. The molecule has 18 heavy (non-hydrogen) atoms. The summed E-state index contributed by atoms with van der Waals surface area (Å²) in [5.74, 6) is 2.37. The lowest BCUT2D eigenvalue weighted by molar-refractivity contribution is -0.125. The number of Topliss-reactive ketones (excluding diaryl/α,β-unsaturated/α-hetero) is 1. The fourth-order valence-corrected chi connectivity index (χ4v) is 3.38. The van der Waals surface area contributed by atoms with Crippen LogP contribution in [0.2, 0.25) is 0 Å². The summed E-state index contributed by atoms with van der Waals surface area (Å²) in [6, 6.07) is 0. The van der Waals surface area contributed by atoms with E-state index in [9.17, 15) is 4.79 Å². The molecule has 4 atom stereocenters. The van der Waals surface area contributed by atoms with Crippen molar-refractivity contribution in [3.63, 3.8) is 0 Å². The van der Waals surface area contributed by atoms with Gasteiger partial charge in [-0.15, -0.1) is 0 Å². The molecule has 104 valence electrons. The van der Waals surface area contributed by atoms with Crippen molar-refractivity contribution >= 4 is 5.78 Å². The molecule has 2 aliphatic rings. The van der Waals surface area contributed by atoms with Crippen molar-refractivity contribution in [2.45, 2.75) is 71.3 Å². The van der Waals surface area contributed by atoms with Crippen LogP contribution < -0.4 is 0 Å². The Bertz CT molecular complexity index is 268. The van der Waals surface area contributed by atoms with E-state index in [-0.39, 0.29) is 0 Å². The van der Waals surface area contributed by atoms with E-state index in [4.69, 9.17) is 4.74 Å². The molecule has 0 spiro atoms. The summed E-state index contributed by atoms with van der Waals surface area (Å²) >= 11 is 0. The number of rotatable bonds is 4. The second-order valence-corrected chi connectivity index (χ2v) is 6.46. The van der Waals surface area contributed by atoms with E-state index in [0.29, 0.717) is 17.8 Å². The Morgan fingerprint density at radius 2 is 1.94 bits per heavy atom. The molecule has 0 amide bonds. The van der Waals surface area contributed by atoms with Crippen molar-refractivity contribution in [2.75, 3.05) is 6.61 Å². The fourth-order valence-electron chi connectivity index (χ4n) is 3.38. The Kier molecular flexibility index (Phi) is 5.23. The Morgan fingerprint density at radius 1 is 1.11 bits per heavy atom. The van der Waals surface area contributed by atoms with Gasteiger partial charge in [0, 0.05) is 18.9 Å². The van der Waals surface area contributed by atoms with Gasteiger partial charge >= 0.3 is 0 Å². The summed E-state index contributed by atoms with van der Waals surface area (Å²) in [6.07, 6.45) is 9.17. The maximum Gasteiger partial charge on any atom is 0.136 e. The minimum absolute atomic E-state index is 0.347. The molecule has 4 unspecified atom stereocenters. The largest absolute Gasteiger partial charge is 0.378 e. The minimum atomic E-state index is 0.347. The third kappa shape index (κ3) is 3.81. The van der Waals surface area contributed by atoms with Crippen molar-refractivity contribution in [1.82, 2.24) is 0 Å². The molecular formula is C16H28O2. The normalized spacial score (nSPS) is 37.4. The van der Waals surface area contributed by atoms with Gasteiger partial charge in [0.15, 0.2) is 0 Å². The van der Waals surface area contributed by atoms with E-state index in [1.54, 1.807) is 0 Å². The van der Waals surface area contributed by atoms with E-state index >= 15 is 0 Å². The Morgan fingerprint density at radius 3 is 2.61 bits per heavy atom. The van der Waals surface area contributed by atoms with Crippen LogP contribution in [0, 0.1) is 17.8 Å². The lowest BCUT2D eigenvalue weighted by atomic mass is 9.74. The standard InChI is InChI=1S/C16H28O2/c1-12-6-7-14(11-13(12)2)16(17)9-8-15-5-3-4-10-18-15/h12-15H,3-11H2,1-2H3. The molecule has 0 aromatic rings. The molecule has 0 bridgehead atoms. The molecule has 1 aliphatic heterocycles. The van der Waals surface area contributed by atoms with Gasteiger partial charge < -0.3 is 4.74 Å². The predicted molar refractivity (Wildman–Crippen MR) is 73.5 cm³/mol. The highest BCUT2D eigenvalue weighted by Crippen LogP contribution is 2.34. The molecule has 0 N–H and O–H groups in total. The highest BCUT2D eigenvalue weighted by molar-refractivity contribution is 5.81. The SMILES string of the molecule is CC1CCC(C(=O)CCC2CCCCO2)CC1C. The number of ether oxygens (including phenoxy) is 1. The Labute approximate surface area is 111 Å². The van der Waals surface area contributed by atoms with Crippen molar-refractivity contribution in [3.05, 3.63) is 0 Å². The first-order valence-electron chi connectivity index (χ1n) is 7.81. The van der Waals surface area contributed by atoms with Crippen molar-refractivity contribution in [3.8, 4) is 0 Å². The van der Waals surface area contributed by atoms with Crippen molar-refractivity contribution < 1.29 is 9.53 Å². The Hall–Kier alpha value is -0.370. The van der Waals surface area contributed by atoms with E-state index in [1.807, 2.05) is 0 Å². The highest BCUT2D eigenvalue weighted by atomic mass is 16.5. The molecule has 2 heteroatoms. The van der Waals surface area contributed by atoms with Gasteiger partial charge in [-0.3, -0.25) is 4.79 Å².